The van der Waals surface area contributed by atoms with E-state index in [4.69, 9.17) is 11.6 Å². The van der Waals surface area contributed by atoms with Gasteiger partial charge in [0.15, 0.2) is 5.82 Å². The molecule has 70 valence electrons. The van der Waals surface area contributed by atoms with Gasteiger partial charge in [-0.1, -0.05) is 11.6 Å². The van der Waals surface area contributed by atoms with E-state index in [1.807, 2.05) is 20.8 Å². The van der Waals surface area contributed by atoms with E-state index in [-0.39, 0.29) is 0 Å². The molecule has 0 aromatic carbocycles. The minimum atomic E-state index is 0.675. The highest BCUT2D eigenvalue weighted by Crippen LogP contribution is 2.30. The van der Waals surface area contributed by atoms with Gasteiger partial charge in [-0.2, -0.15) is 0 Å². The summed E-state index contributed by atoms with van der Waals surface area (Å²) in [6.07, 6.45) is 1.87. The highest BCUT2D eigenvalue weighted by molar-refractivity contribution is 14.1. The lowest BCUT2D eigenvalue weighted by Gasteiger charge is -2.20. The highest BCUT2D eigenvalue weighted by atomic mass is 127. The maximum Gasteiger partial charge on any atom is 0.155 e. The molecule has 0 aliphatic carbocycles. The third-order valence-corrected chi connectivity index (χ3v) is 3.66. The Balaban J connectivity index is 2.59. The first-order valence-electron chi connectivity index (χ1n) is 3.62. The first kappa shape index (κ1) is 9.79. The molecule has 0 atom stereocenters. The third kappa shape index (κ3) is 1.61. The van der Waals surface area contributed by atoms with Gasteiger partial charge in [-0.3, -0.25) is 4.57 Å². The van der Waals surface area contributed by atoms with E-state index in [1.165, 1.54) is 0 Å². The Bertz CT molecular complexity index is 387. The topological polar surface area (TPSA) is 21.1 Å². The molecule has 1 aromatic heterocycles. The van der Waals surface area contributed by atoms with Crippen LogP contribution in [-0.2, 0) is 6.67 Å². The molecule has 1 aliphatic rings. The van der Waals surface area contributed by atoms with Crippen LogP contribution in [0, 0.1) is 6.92 Å². The van der Waals surface area contributed by atoms with Crippen molar-refractivity contribution in [3.05, 3.63) is 22.3 Å². The van der Waals surface area contributed by atoms with Gasteiger partial charge in [0.1, 0.15) is 16.3 Å². The maximum absolute atomic E-state index is 6.04. The number of rotatable bonds is 0. The molecule has 1 aromatic rings. The molecule has 0 amide bonds. The first-order valence-corrected chi connectivity index (χ1v) is 5.76. The molecule has 2 rings (SSSR count). The van der Waals surface area contributed by atoms with Gasteiger partial charge in [0, 0.05) is 6.20 Å². The van der Waals surface area contributed by atoms with E-state index in [9.17, 15) is 0 Å². The summed E-state index contributed by atoms with van der Waals surface area (Å²) in [7, 11) is 0. The zero-order chi connectivity index (χ0) is 9.59. The summed E-state index contributed by atoms with van der Waals surface area (Å²) >= 11 is 11.7. The fourth-order valence-electron chi connectivity index (χ4n) is 1.22. The Morgan fingerprint density at radius 2 is 2.38 bits per heavy atom. The van der Waals surface area contributed by atoms with Crippen LogP contribution >= 0.6 is 50.4 Å². The van der Waals surface area contributed by atoms with Crippen molar-refractivity contribution >= 4 is 55.4 Å². The van der Waals surface area contributed by atoms with Crippen molar-refractivity contribution in [1.29, 1.82) is 0 Å². The third-order valence-electron chi connectivity index (χ3n) is 1.81. The molecule has 1 aliphatic heterocycles. The number of halogens is 3. The van der Waals surface area contributed by atoms with Crippen LogP contribution in [0.1, 0.15) is 11.5 Å². The molecule has 6 heteroatoms. The predicted molar refractivity (Wildman–Crippen MR) is 64.4 cm³/mol. The second-order valence-electron chi connectivity index (χ2n) is 2.76. The summed E-state index contributed by atoms with van der Waals surface area (Å²) in [4.78, 5) is 4.35. The summed E-state index contributed by atoms with van der Waals surface area (Å²) in [6, 6.07) is 0. The lowest BCUT2D eigenvalue weighted by atomic mass is 10.5. The fraction of sp³-hybridized carbons (Fsp3) is 0.286. The van der Waals surface area contributed by atoms with Gasteiger partial charge in [0.2, 0.25) is 0 Å². The Morgan fingerprint density at radius 1 is 1.69 bits per heavy atom. The fourth-order valence-corrected chi connectivity index (χ4v) is 2.60. The quantitative estimate of drug-likeness (QED) is 0.514. The molecule has 0 fully saturated rings. The standard InChI is InChI=1S/C7H6BrClIN3/c1-4-6(8)13-3-12(10)2-5(9)7(13)11-4/h2H,3H2,1H3. The van der Waals surface area contributed by atoms with E-state index in [2.05, 4.69) is 43.8 Å². The first-order chi connectivity index (χ1) is 6.09. The van der Waals surface area contributed by atoms with E-state index in [0.717, 1.165) is 22.8 Å². The molecule has 13 heavy (non-hydrogen) atoms. The Labute approximate surface area is 103 Å². The molecule has 0 saturated carbocycles. The van der Waals surface area contributed by atoms with Gasteiger partial charge in [-0.05, 0) is 22.9 Å². The van der Waals surface area contributed by atoms with Crippen LogP contribution in [0.2, 0.25) is 0 Å². The average molecular weight is 374 g/mol. The lowest BCUT2D eigenvalue weighted by Crippen LogP contribution is -2.17. The monoisotopic (exact) mass is 373 g/mol. The molecule has 2 heterocycles. The van der Waals surface area contributed by atoms with Gasteiger partial charge in [0.25, 0.3) is 0 Å². The second-order valence-corrected chi connectivity index (χ2v) is 5.16. The number of nitrogens with zero attached hydrogens (tertiary/aromatic N) is 3. The average Bonchev–Trinajstić information content (AvgIpc) is 2.32. The molecule has 0 unspecified atom stereocenters. The van der Waals surface area contributed by atoms with Gasteiger partial charge in [-0.15, -0.1) is 0 Å². The van der Waals surface area contributed by atoms with Crippen LogP contribution in [0.3, 0.4) is 0 Å². The Kier molecular flexibility index (Phi) is 2.59. The summed E-state index contributed by atoms with van der Waals surface area (Å²) in [5, 5.41) is 0.675. The Hall–Kier alpha value is 0.250. The molecular formula is C7H6BrClIN3. The minimum absolute atomic E-state index is 0.675. The van der Waals surface area contributed by atoms with Crippen molar-refractivity contribution in [1.82, 2.24) is 12.7 Å². The van der Waals surface area contributed by atoms with Crippen molar-refractivity contribution in [2.24, 2.45) is 0 Å². The van der Waals surface area contributed by atoms with Crippen LogP contribution < -0.4 is 0 Å². The Morgan fingerprint density at radius 3 is 3.08 bits per heavy atom. The van der Waals surface area contributed by atoms with Crippen molar-refractivity contribution in [3.63, 3.8) is 0 Å². The van der Waals surface area contributed by atoms with Crippen LogP contribution in [0.25, 0.3) is 5.03 Å². The smallest absolute Gasteiger partial charge is 0.155 e. The van der Waals surface area contributed by atoms with E-state index in [0.29, 0.717) is 5.03 Å². The van der Waals surface area contributed by atoms with E-state index >= 15 is 0 Å². The SMILES string of the molecule is Cc1nc2n(c1Br)CN(I)C=C2Cl. The van der Waals surface area contributed by atoms with E-state index < -0.39 is 0 Å². The van der Waals surface area contributed by atoms with Crippen molar-refractivity contribution < 1.29 is 0 Å². The van der Waals surface area contributed by atoms with Gasteiger partial charge in [0.05, 0.1) is 28.6 Å². The minimum Gasteiger partial charge on any atom is -0.301 e. The number of imidazole rings is 1. The van der Waals surface area contributed by atoms with Gasteiger partial charge < -0.3 is 3.11 Å². The van der Waals surface area contributed by atoms with Crippen LogP contribution in [0.15, 0.2) is 10.8 Å². The highest BCUT2D eigenvalue weighted by Gasteiger charge is 2.19. The van der Waals surface area contributed by atoms with Crippen LogP contribution in [0.5, 0.6) is 0 Å². The molecule has 0 bridgehead atoms. The maximum atomic E-state index is 6.04. The molecule has 0 N–H and O–H groups in total. The molecule has 0 radical (unpaired) electrons. The molecule has 0 spiro atoms. The zero-order valence-corrected chi connectivity index (χ0v) is 11.3. The zero-order valence-electron chi connectivity index (χ0n) is 6.76. The molecule has 3 nitrogen and oxygen atoms in total. The summed E-state index contributed by atoms with van der Waals surface area (Å²) < 4.78 is 5.01. The normalized spacial score (nSPS) is 15.7. The predicted octanol–water partition coefficient (Wildman–Crippen LogP) is 3.11. The number of aryl methyl sites for hydroxylation is 1. The summed E-state index contributed by atoms with van der Waals surface area (Å²) in [6.45, 7) is 2.73. The summed E-state index contributed by atoms with van der Waals surface area (Å²) in [5.74, 6) is 0.832. The van der Waals surface area contributed by atoms with Gasteiger partial charge in [-0.25, -0.2) is 4.98 Å². The van der Waals surface area contributed by atoms with Crippen LogP contribution in [-0.4, -0.2) is 12.7 Å². The van der Waals surface area contributed by atoms with Crippen molar-refractivity contribution in [3.8, 4) is 0 Å². The van der Waals surface area contributed by atoms with Crippen LogP contribution in [0.4, 0.5) is 0 Å². The largest absolute Gasteiger partial charge is 0.301 e. The number of fused-ring (bicyclic) bond motifs is 1. The number of aromatic nitrogens is 2. The van der Waals surface area contributed by atoms with Crippen molar-refractivity contribution in [2.75, 3.05) is 0 Å². The number of hydrogen-bond acceptors (Lipinski definition) is 2. The van der Waals surface area contributed by atoms with Gasteiger partial charge >= 0.3 is 0 Å². The second kappa shape index (κ2) is 3.43. The molecule has 0 saturated heterocycles. The number of hydrogen-bond donors (Lipinski definition) is 0. The lowest BCUT2D eigenvalue weighted by molar-refractivity contribution is 0.495. The molecular weight excluding hydrogens is 368 g/mol. The van der Waals surface area contributed by atoms with Crippen molar-refractivity contribution in [2.45, 2.75) is 13.6 Å². The summed E-state index contributed by atoms with van der Waals surface area (Å²) in [5.41, 5.74) is 0.966. The van der Waals surface area contributed by atoms with E-state index in [1.54, 1.807) is 0 Å².